The predicted octanol–water partition coefficient (Wildman–Crippen LogP) is 21.6. The lowest BCUT2D eigenvalue weighted by molar-refractivity contribution is 0.669. The lowest BCUT2D eigenvalue weighted by atomic mass is 9.88. The Bertz CT molecular complexity index is 5610. The standard InChI is InChI=1S/C74H40N4OS2/c1-76-68-65(44-20-7-3-8-21-44)58(42-75)69(78-70-52(35-37-54-51-25-13-16-31-63(51)80-73(54)70)53-36-38-55-57-40-46(43-18-5-2-6-19-43)33-39-64(57)81-74(55)71(53)78)66(45-22-9-4-10-23-45)72(68)77-59-28-14-11-24-49(59)50-34-32-47(41-60(50)77)48-27-17-30-62-67(48)56-26-12-15-29-61(56)79-62/h2-41H. The number of thiophene rings is 2. The average Bonchev–Trinajstić information content (AvgIpc) is 4.55. The minimum atomic E-state index is 0.393. The number of hydrogen-bond donors (Lipinski definition) is 0. The van der Waals surface area contributed by atoms with Gasteiger partial charge in [-0.05, 0) is 75.8 Å². The van der Waals surface area contributed by atoms with E-state index >= 15 is 0 Å². The number of para-hydroxylation sites is 2. The molecule has 17 aromatic rings. The fraction of sp³-hybridized carbons (Fsp3) is 0. The Morgan fingerprint density at radius 2 is 0.951 bits per heavy atom. The summed E-state index contributed by atoms with van der Waals surface area (Å²) in [6, 6.07) is 88.6. The third-order valence-electron chi connectivity index (χ3n) is 16.6. The summed E-state index contributed by atoms with van der Waals surface area (Å²) >= 11 is 3.59. The number of aromatic nitrogens is 2. The molecule has 17 rings (SSSR count). The Labute approximate surface area is 471 Å². The second-order valence-electron chi connectivity index (χ2n) is 20.8. The van der Waals surface area contributed by atoms with E-state index in [1.807, 2.05) is 54.6 Å². The molecule has 12 aromatic carbocycles. The summed E-state index contributed by atoms with van der Waals surface area (Å²) in [7, 11) is 0. The van der Waals surface area contributed by atoms with Crippen LogP contribution in [0.15, 0.2) is 247 Å². The van der Waals surface area contributed by atoms with Gasteiger partial charge in [0.15, 0.2) is 0 Å². The zero-order chi connectivity index (χ0) is 53.4. The lowest BCUT2D eigenvalue weighted by Gasteiger charge is -2.26. The summed E-state index contributed by atoms with van der Waals surface area (Å²) < 4.78 is 15.9. The van der Waals surface area contributed by atoms with E-state index in [4.69, 9.17) is 4.42 Å². The molecule has 0 saturated heterocycles. The minimum Gasteiger partial charge on any atom is -0.456 e. The molecule has 0 N–H and O–H groups in total. The number of hydrogen-bond acceptors (Lipinski definition) is 4. The van der Waals surface area contributed by atoms with Crippen LogP contribution in [0.4, 0.5) is 5.69 Å². The van der Waals surface area contributed by atoms with E-state index in [1.165, 1.54) is 20.2 Å². The van der Waals surface area contributed by atoms with Crippen molar-refractivity contribution in [2.45, 2.75) is 0 Å². The second-order valence-corrected chi connectivity index (χ2v) is 22.9. The van der Waals surface area contributed by atoms with E-state index < -0.39 is 0 Å². The van der Waals surface area contributed by atoms with Gasteiger partial charge in [-0.15, -0.1) is 22.7 Å². The molecule has 0 saturated carbocycles. The quantitative estimate of drug-likeness (QED) is 0.156. The summed E-state index contributed by atoms with van der Waals surface area (Å²) in [4.78, 5) is 4.66. The normalized spacial score (nSPS) is 11.9. The van der Waals surface area contributed by atoms with Crippen LogP contribution in [-0.2, 0) is 0 Å². The fourth-order valence-electron chi connectivity index (χ4n) is 13.2. The first kappa shape index (κ1) is 45.5. The molecule has 0 aliphatic rings. The summed E-state index contributed by atoms with van der Waals surface area (Å²) in [5.74, 6) is 0. The monoisotopic (exact) mass is 1060 g/mol. The van der Waals surface area contributed by atoms with Crippen LogP contribution >= 0.6 is 22.7 Å². The number of rotatable bonds is 6. The maximum Gasteiger partial charge on any atom is 0.220 e. The van der Waals surface area contributed by atoms with Crippen molar-refractivity contribution in [2.75, 3.05) is 0 Å². The van der Waals surface area contributed by atoms with Crippen molar-refractivity contribution in [1.82, 2.24) is 9.13 Å². The summed E-state index contributed by atoms with van der Waals surface area (Å²) in [5, 5.41) is 23.5. The molecule has 0 bridgehead atoms. The van der Waals surface area contributed by atoms with Gasteiger partial charge in [-0.2, -0.15) is 5.26 Å². The second kappa shape index (κ2) is 17.5. The van der Waals surface area contributed by atoms with Crippen molar-refractivity contribution < 1.29 is 4.42 Å². The highest BCUT2D eigenvalue weighted by molar-refractivity contribution is 7.27. The first-order valence-corrected chi connectivity index (χ1v) is 28.6. The van der Waals surface area contributed by atoms with Crippen LogP contribution in [0.2, 0.25) is 0 Å². The van der Waals surface area contributed by atoms with Gasteiger partial charge in [0.25, 0.3) is 0 Å². The smallest absolute Gasteiger partial charge is 0.220 e. The van der Waals surface area contributed by atoms with Crippen LogP contribution in [0, 0.1) is 17.9 Å². The molecular weight excluding hydrogens is 1020 g/mol. The topological polar surface area (TPSA) is 51.1 Å². The molecule has 0 unspecified atom stereocenters. The molecular formula is C74H40N4OS2. The van der Waals surface area contributed by atoms with Crippen LogP contribution in [0.1, 0.15) is 5.56 Å². The van der Waals surface area contributed by atoms with E-state index in [-0.39, 0.29) is 0 Å². The molecule has 0 aliphatic heterocycles. The molecule has 374 valence electrons. The number of benzene rings is 12. The third kappa shape index (κ3) is 6.50. The number of nitriles is 1. The van der Waals surface area contributed by atoms with Crippen LogP contribution in [-0.4, -0.2) is 9.13 Å². The molecule has 0 radical (unpaired) electrons. The van der Waals surface area contributed by atoms with E-state index in [0.717, 1.165) is 130 Å². The van der Waals surface area contributed by atoms with Crippen LogP contribution in [0.3, 0.4) is 0 Å². The van der Waals surface area contributed by atoms with Gasteiger partial charge < -0.3 is 13.6 Å². The van der Waals surface area contributed by atoms with Gasteiger partial charge in [-0.1, -0.05) is 200 Å². The van der Waals surface area contributed by atoms with Crippen molar-refractivity contribution in [2.24, 2.45) is 0 Å². The average molecular weight is 1070 g/mol. The SMILES string of the molecule is [C-]#[N+]c1c(-c2ccccc2)c(C#N)c(-n2c3c(ccc4c5ccccc5sc43)c3ccc4c5cc(-c6ccccc6)ccc5sc4c32)c(-c2ccccc2)c1-n1c2ccccc2c2ccc(-c3cccc4oc5ccccc5c34)cc21. The zero-order valence-electron chi connectivity index (χ0n) is 43.1. The molecule has 0 spiro atoms. The summed E-state index contributed by atoms with van der Waals surface area (Å²) in [5.41, 5.74) is 15.3. The van der Waals surface area contributed by atoms with Crippen molar-refractivity contribution in [1.29, 1.82) is 5.26 Å². The van der Waals surface area contributed by atoms with Crippen LogP contribution < -0.4 is 0 Å². The molecule has 0 fully saturated rings. The lowest BCUT2D eigenvalue weighted by Crippen LogP contribution is -2.09. The molecule has 5 heterocycles. The van der Waals surface area contributed by atoms with Gasteiger partial charge in [-0.3, -0.25) is 0 Å². The van der Waals surface area contributed by atoms with Gasteiger partial charge in [0.2, 0.25) is 5.69 Å². The Kier molecular flexibility index (Phi) is 9.82. The molecule has 7 heteroatoms. The van der Waals surface area contributed by atoms with Crippen LogP contribution in [0.25, 0.3) is 167 Å². The molecule has 0 aliphatic carbocycles. The molecule has 5 nitrogen and oxygen atoms in total. The summed E-state index contributed by atoms with van der Waals surface area (Å²) in [6.45, 7) is 9.56. The highest BCUT2D eigenvalue weighted by Crippen LogP contribution is 2.55. The molecule has 5 aromatic heterocycles. The van der Waals surface area contributed by atoms with Gasteiger partial charge in [0, 0.05) is 74.4 Å². The fourth-order valence-corrected chi connectivity index (χ4v) is 15.6. The van der Waals surface area contributed by atoms with Crippen LogP contribution in [0.5, 0.6) is 0 Å². The van der Waals surface area contributed by atoms with Crippen molar-refractivity contribution in [3.8, 4) is 62.0 Å². The molecule has 0 atom stereocenters. The number of furan rings is 1. The highest BCUT2D eigenvalue weighted by atomic mass is 32.1. The molecule has 0 amide bonds. The first-order chi connectivity index (χ1) is 40.1. The van der Waals surface area contributed by atoms with E-state index in [2.05, 4.69) is 208 Å². The Morgan fingerprint density at radius 3 is 1.67 bits per heavy atom. The highest BCUT2D eigenvalue weighted by Gasteiger charge is 2.33. The third-order valence-corrected chi connectivity index (χ3v) is 19.0. The Hall–Kier alpha value is -10.5. The minimum absolute atomic E-state index is 0.393. The zero-order valence-corrected chi connectivity index (χ0v) is 44.7. The van der Waals surface area contributed by atoms with E-state index in [1.54, 1.807) is 22.7 Å². The maximum absolute atomic E-state index is 12.4. The predicted molar refractivity (Wildman–Crippen MR) is 341 cm³/mol. The van der Waals surface area contributed by atoms with Gasteiger partial charge in [0.05, 0.1) is 55.0 Å². The van der Waals surface area contributed by atoms with Gasteiger partial charge in [0.1, 0.15) is 17.2 Å². The van der Waals surface area contributed by atoms with Crippen molar-refractivity contribution in [3.63, 3.8) is 0 Å². The first-order valence-electron chi connectivity index (χ1n) is 27.0. The Morgan fingerprint density at radius 1 is 0.395 bits per heavy atom. The van der Waals surface area contributed by atoms with Gasteiger partial charge in [-0.25, -0.2) is 4.85 Å². The van der Waals surface area contributed by atoms with E-state index in [9.17, 15) is 11.8 Å². The maximum atomic E-state index is 12.4. The summed E-state index contributed by atoms with van der Waals surface area (Å²) in [6.07, 6.45) is 0. The van der Waals surface area contributed by atoms with Gasteiger partial charge >= 0.3 is 0 Å². The number of fused-ring (bicyclic) bond motifs is 17. The number of nitrogens with zero attached hydrogens (tertiary/aromatic N) is 4. The molecule has 81 heavy (non-hydrogen) atoms. The van der Waals surface area contributed by atoms with Crippen molar-refractivity contribution in [3.05, 3.63) is 260 Å². The van der Waals surface area contributed by atoms with Crippen molar-refractivity contribution >= 4 is 134 Å². The van der Waals surface area contributed by atoms with E-state index in [0.29, 0.717) is 22.5 Å². The largest absolute Gasteiger partial charge is 0.456 e. The Balaban J connectivity index is 1.10.